The Hall–Kier alpha value is -3.97. The Morgan fingerprint density at radius 1 is 1.00 bits per heavy atom. The molecule has 1 saturated carbocycles. The van der Waals surface area contributed by atoms with Crippen LogP contribution in [0, 0.1) is 12.8 Å². The summed E-state index contributed by atoms with van der Waals surface area (Å²) in [5.41, 5.74) is 4.63. The van der Waals surface area contributed by atoms with Gasteiger partial charge >= 0.3 is 5.69 Å². The number of aryl methyl sites for hydroxylation is 1. The third-order valence-corrected chi connectivity index (χ3v) is 7.81. The molecule has 0 aliphatic heterocycles. The van der Waals surface area contributed by atoms with Crippen LogP contribution in [0.2, 0.25) is 5.02 Å². The summed E-state index contributed by atoms with van der Waals surface area (Å²) in [4.78, 5) is 35.2. The van der Waals surface area contributed by atoms with Crippen molar-refractivity contribution < 1.29 is 4.79 Å². The predicted octanol–water partition coefficient (Wildman–Crippen LogP) is 5.69. The Kier molecular flexibility index (Phi) is 6.45. The Morgan fingerprint density at radius 2 is 1.79 bits per heavy atom. The van der Waals surface area contributed by atoms with Crippen molar-refractivity contribution in [1.82, 2.24) is 24.4 Å². The molecule has 0 radical (unpaired) electrons. The first-order valence-corrected chi connectivity index (χ1v) is 13.3. The van der Waals surface area contributed by atoms with Crippen LogP contribution in [0.4, 0.5) is 0 Å². The van der Waals surface area contributed by atoms with Crippen molar-refractivity contribution in [2.75, 3.05) is 0 Å². The van der Waals surface area contributed by atoms with Gasteiger partial charge < -0.3 is 5.32 Å². The number of fused-ring (bicyclic) bond motifs is 2. The highest BCUT2D eigenvalue weighted by atomic mass is 35.5. The zero-order valence-corrected chi connectivity index (χ0v) is 21.9. The number of carbonyl (C=O) groups excluding carboxylic acids is 1. The van der Waals surface area contributed by atoms with Gasteiger partial charge in [-0.2, -0.15) is 0 Å². The first-order chi connectivity index (χ1) is 18.5. The summed E-state index contributed by atoms with van der Waals surface area (Å²) in [6.07, 6.45) is 6.92. The van der Waals surface area contributed by atoms with E-state index >= 15 is 0 Å². The molecule has 8 heteroatoms. The van der Waals surface area contributed by atoms with Gasteiger partial charge in [0.2, 0.25) is 0 Å². The standard InChI is InChI=1S/C30H28ClN5O2/c1-19-25(15-22(31)17-33-19)29(37)34-23-11-8-20(9-12-23)18-35-27-6-2-3-7-28(27)36(30(35)38)24-13-10-21-5-4-14-32-26(21)16-24/h2-7,10,13-17,20,23H,8-9,11-12,18H2,1H3,(H,34,37)/t20-,23-. The van der Waals surface area contributed by atoms with Gasteiger partial charge in [0.05, 0.1) is 38.5 Å². The molecule has 3 aromatic heterocycles. The van der Waals surface area contributed by atoms with E-state index < -0.39 is 0 Å². The highest BCUT2D eigenvalue weighted by Crippen LogP contribution is 2.28. The van der Waals surface area contributed by atoms with Crippen molar-refractivity contribution in [2.24, 2.45) is 5.92 Å². The second-order valence-corrected chi connectivity index (χ2v) is 10.5. The first-order valence-electron chi connectivity index (χ1n) is 13.0. The van der Waals surface area contributed by atoms with Crippen LogP contribution in [-0.4, -0.2) is 31.1 Å². The number of halogens is 1. The lowest BCUT2D eigenvalue weighted by Gasteiger charge is -2.29. The summed E-state index contributed by atoms with van der Waals surface area (Å²) in [5, 5.41) is 4.65. The SMILES string of the molecule is Cc1ncc(Cl)cc1C(=O)N[C@H]1CC[C@H](Cn2c(=O)n(-c3ccc4cccnc4c3)c3ccccc32)CC1. The first kappa shape index (κ1) is 24.4. The molecule has 0 unspecified atom stereocenters. The number of hydrogen-bond acceptors (Lipinski definition) is 4. The zero-order chi connectivity index (χ0) is 26.2. The average molecular weight is 526 g/mol. The number of carbonyl (C=O) groups is 1. The number of pyridine rings is 2. The van der Waals surface area contributed by atoms with Crippen molar-refractivity contribution in [1.29, 1.82) is 0 Å². The number of benzene rings is 2. The molecule has 1 aliphatic rings. The molecule has 1 fully saturated rings. The minimum absolute atomic E-state index is 0.0409. The van der Waals surface area contributed by atoms with Crippen molar-refractivity contribution >= 4 is 39.4 Å². The molecule has 0 saturated heterocycles. The van der Waals surface area contributed by atoms with Crippen LogP contribution < -0.4 is 11.0 Å². The Bertz CT molecular complexity index is 1720. The smallest absolute Gasteiger partial charge is 0.333 e. The van der Waals surface area contributed by atoms with Crippen molar-refractivity contribution in [2.45, 2.75) is 45.2 Å². The Balaban J connectivity index is 1.21. The van der Waals surface area contributed by atoms with Crippen LogP contribution in [-0.2, 0) is 6.54 Å². The lowest BCUT2D eigenvalue weighted by molar-refractivity contribution is 0.0919. The maximum Gasteiger partial charge on any atom is 0.333 e. The summed E-state index contributed by atoms with van der Waals surface area (Å²) in [5.74, 6) is 0.220. The fraction of sp³-hybridized carbons (Fsp3) is 0.267. The Labute approximate surface area is 225 Å². The fourth-order valence-corrected chi connectivity index (χ4v) is 5.73. The predicted molar refractivity (Wildman–Crippen MR) is 150 cm³/mol. The van der Waals surface area contributed by atoms with Gasteiger partial charge in [-0.25, -0.2) is 4.79 Å². The van der Waals surface area contributed by atoms with Crippen LogP contribution >= 0.6 is 11.6 Å². The number of imidazole rings is 1. The molecule has 6 rings (SSSR count). The summed E-state index contributed by atoms with van der Waals surface area (Å²) in [6, 6.07) is 19.6. The topological polar surface area (TPSA) is 81.8 Å². The van der Waals surface area contributed by atoms with E-state index in [1.54, 1.807) is 23.0 Å². The Morgan fingerprint density at radius 3 is 2.61 bits per heavy atom. The van der Waals surface area contributed by atoms with E-state index in [0.29, 0.717) is 28.7 Å². The molecule has 7 nitrogen and oxygen atoms in total. The molecule has 3 heterocycles. The third-order valence-electron chi connectivity index (χ3n) is 7.60. The molecule has 0 atom stereocenters. The number of aromatic nitrogens is 4. The number of rotatable bonds is 5. The third kappa shape index (κ3) is 4.58. The van der Waals surface area contributed by atoms with Crippen LogP contribution in [0.25, 0.3) is 27.6 Å². The van der Waals surface area contributed by atoms with Gasteiger partial charge in [0.25, 0.3) is 5.91 Å². The monoisotopic (exact) mass is 525 g/mol. The molecule has 1 aliphatic carbocycles. The maximum atomic E-state index is 13.8. The molecular weight excluding hydrogens is 498 g/mol. The number of para-hydroxylation sites is 2. The van der Waals surface area contributed by atoms with Gasteiger partial charge in [-0.3, -0.25) is 23.9 Å². The maximum absolute atomic E-state index is 13.8. The van der Waals surface area contributed by atoms with Crippen LogP contribution in [0.1, 0.15) is 41.7 Å². The van der Waals surface area contributed by atoms with E-state index in [1.165, 1.54) is 0 Å². The summed E-state index contributed by atoms with van der Waals surface area (Å²) < 4.78 is 3.69. The van der Waals surface area contributed by atoms with Gasteiger partial charge in [0, 0.05) is 30.4 Å². The number of hydrogen-bond donors (Lipinski definition) is 1. The number of nitrogens with one attached hydrogen (secondary N) is 1. The van der Waals surface area contributed by atoms with Gasteiger partial charge in [-0.1, -0.05) is 35.9 Å². The minimum atomic E-state index is -0.134. The second-order valence-electron chi connectivity index (χ2n) is 10.1. The lowest BCUT2D eigenvalue weighted by Crippen LogP contribution is -2.39. The van der Waals surface area contributed by atoms with Crippen molar-refractivity contribution in [3.63, 3.8) is 0 Å². The molecule has 1 amide bonds. The highest BCUT2D eigenvalue weighted by molar-refractivity contribution is 6.30. The molecule has 192 valence electrons. The fourth-order valence-electron chi connectivity index (χ4n) is 5.58. The molecule has 0 bridgehead atoms. The van der Waals surface area contributed by atoms with Gasteiger partial charge in [0.1, 0.15) is 0 Å². The summed E-state index contributed by atoms with van der Waals surface area (Å²) >= 11 is 6.05. The van der Waals surface area contributed by atoms with Crippen molar-refractivity contribution in [3.8, 4) is 5.69 Å². The van der Waals surface area contributed by atoms with Gasteiger partial charge in [-0.05, 0) is 74.9 Å². The normalized spacial score (nSPS) is 17.6. The van der Waals surface area contributed by atoms with E-state index in [9.17, 15) is 9.59 Å². The highest BCUT2D eigenvalue weighted by Gasteiger charge is 2.25. The van der Waals surface area contributed by atoms with Crippen LogP contribution in [0.15, 0.2) is 77.9 Å². The van der Waals surface area contributed by atoms with Gasteiger partial charge in [0.15, 0.2) is 0 Å². The number of nitrogens with zero attached hydrogens (tertiary/aromatic N) is 4. The van der Waals surface area contributed by atoms with E-state index in [1.807, 2.05) is 66.1 Å². The van der Waals surface area contributed by atoms with Crippen LogP contribution in [0.3, 0.4) is 0 Å². The van der Waals surface area contributed by atoms with E-state index in [4.69, 9.17) is 11.6 Å². The summed E-state index contributed by atoms with van der Waals surface area (Å²) in [6.45, 7) is 2.46. The molecule has 2 aromatic carbocycles. The van der Waals surface area contributed by atoms with E-state index in [2.05, 4.69) is 15.3 Å². The van der Waals surface area contributed by atoms with Gasteiger partial charge in [-0.15, -0.1) is 0 Å². The van der Waals surface area contributed by atoms with Crippen LogP contribution in [0.5, 0.6) is 0 Å². The van der Waals surface area contributed by atoms with Crippen molar-refractivity contribution in [3.05, 3.63) is 99.8 Å². The van der Waals surface area contributed by atoms with E-state index in [0.717, 1.165) is 53.3 Å². The molecule has 1 N–H and O–H groups in total. The molecule has 5 aromatic rings. The lowest BCUT2D eigenvalue weighted by atomic mass is 9.85. The molecule has 0 spiro atoms. The largest absolute Gasteiger partial charge is 0.349 e. The minimum Gasteiger partial charge on any atom is -0.349 e. The summed E-state index contributed by atoms with van der Waals surface area (Å²) in [7, 11) is 0. The average Bonchev–Trinajstić information content (AvgIpc) is 3.21. The second kappa shape index (κ2) is 10.1. The zero-order valence-electron chi connectivity index (χ0n) is 21.1. The number of amides is 1. The van der Waals surface area contributed by atoms with E-state index in [-0.39, 0.29) is 17.6 Å². The molecule has 38 heavy (non-hydrogen) atoms. The quantitative estimate of drug-likeness (QED) is 0.320. The molecular formula is C30H28ClN5O2.